The SMILES string of the molecule is [2H]N1CNC=N1. The molecular formula is C2H5N3. The Morgan fingerprint density at radius 2 is 3.20 bits per heavy atom. The highest BCUT2D eigenvalue weighted by molar-refractivity contribution is 5.55. The maximum absolute atomic E-state index is 6.70. The molecule has 3 nitrogen and oxygen atoms in total. The molecular weight excluding hydrogens is 66.0 g/mol. The zero-order valence-corrected chi connectivity index (χ0v) is 2.68. The van der Waals surface area contributed by atoms with E-state index in [0.717, 1.165) is 5.42 Å². The summed E-state index contributed by atoms with van der Waals surface area (Å²) in [7, 11) is 0. The third kappa shape index (κ3) is 0.289. The lowest BCUT2D eigenvalue weighted by Gasteiger charge is -1.79. The maximum Gasteiger partial charge on any atom is 0.186 e. The quantitative estimate of drug-likeness (QED) is 0.388. The van der Waals surface area contributed by atoms with E-state index in [9.17, 15) is 0 Å². The van der Waals surface area contributed by atoms with Crippen molar-refractivity contribution in [1.29, 1.82) is 0 Å². The van der Waals surface area contributed by atoms with Crippen molar-refractivity contribution in [3.05, 3.63) is 0 Å². The molecule has 0 saturated carbocycles. The number of hydrogen-bond acceptors (Lipinski definition) is 3. The van der Waals surface area contributed by atoms with Crippen molar-refractivity contribution in [3.8, 4) is 0 Å². The first-order chi connectivity index (χ1) is 2.89. The standard InChI is InChI=1S/C2H5N3/c1-3-2-5-4-1/h1,5H,2H2,(H,3,4)/i/hD. The minimum Gasteiger partial charge on any atom is -0.356 e. The van der Waals surface area contributed by atoms with Crippen molar-refractivity contribution >= 4 is 6.34 Å². The minimum absolute atomic E-state index is 0.514. The van der Waals surface area contributed by atoms with Gasteiger partial charge in [0.1, 0.15) is 13.0 Å². The summed E-state index contributed by atoms with van der Waals surface area (Å²) in [5, 5.41) is 6.22. The number of rotatable bonds is 0. The summed E-state index contributed by atoms with van der Waals surface area (Å²) in [6, 6.07) is 0. The van der Waals surface area contributed by atoms with Crippen molar-refractivity contribution in [2.24, 2.45) is 5.10 Å². The van der Waals surface area contributed by atoms with E-state index in [0.29, 0.717) is 6.67 Å². The Morgan fingerprint density at radius 3 is 3.40 bits per heavy atom. The zero-order valence-electron chi connectivity index (χ0n) is 3.68. The lowest BCUT2D eigenvalue weighted by molar-refractivity contribution is 0.773. The Kier molecular flexibility index (Phi) is 0.304. The van der Waals surface area contributed by atoms with E-state index in [4.69, 9.17) is 1.41 Å². The van der Waals surface area contributed by atoms with Crippen LogP contribution in [0.2, 0.25) is 1.41 Å². The van der Waals surface area contributed by atoms with Crippen LogP contribution in [0.25, 0.3) is 0 Å². The molecule has 0 unspecified atom stereocenters. The van der Waals surface area contributed by atoms with Crippen LogP contribution in [0.3, 0.4) is 0 Å². The Morgan fingerprint density at radius 1 is 2.20 bits per heavy atom. The van der Waals surface area contributed by atoms with Gasteiger partial charge in [-0.1, -0.05) is 0 Å². The molecule has 0 atom stereocenters. The van der Waals surface area contributed by atoms with Crippen LogP contribution in [0.1, 0.15) is 0 Å². The van der Waals surface area contributed by atoms with Gasteiger partial charge >= 0.3 is 0 Å². The summed E-state index contributed by atoms with van der Waals surface area (Å²) in [6.07, 6.45) is 1.49. The molecule has 0 radical (unpaired) electrons. The summed E-state index contributed by atoms with van der Waals surface area (Å²) in [6.45, 7) is 0.514. The molecule has 0 aromatic carbocycles. The highest BCUT2D eigenvalue weighted by atomic mass is 15.4. The van der Waals surface area contributed by atoms with Gasteiger partial charge in [-0.15, -0.1) is 0 Å². The summed E-state index contributed by atoms with van der Waals surface area (Å²) in [5.41, 5.74) is 1.07. The van der Waals surface area contributed by atoms with Crippen LogP contribution in [0.15, 0.2) is 5.10 Å². The van der Waals surface area contributed by atoms with E-state index < -0.39 is 0 Å². The molecule has 2 N–H and O–H groups in total. The monoisotopic (exact) mass is 72.1 g/mol. The maximum atomic E-state index is 6.70. The van der Waals surface area contributed by atoms with Crippen LogP contribution in [-0.2, 0) is 0 Å². The van der Waals surface area contributed by atoms with Crippen LogP contribution in [0.5, 0.6) is 0 Å². The minimum atomic E-state index is 0.514. The molecule has 28 valence electrons. The van der Waals surface area contributed by atoms with E-state index in [1.165, 1.54) is 6.34 Å². The Labute approximate surface area is 31.5 Å². The lowest BCUT2D eigenvalue weighted by atomic mass is 11.1. The van der Waals surface area contributed by atoms with E-state index >= 15 is 0 Å². The number of hydrazone groups is 1. The van der Waals surface area contributed by atoms with Crippen LogP contribution >= 0.6 is 0 Å². The van der Waals surface area contributed by atoms with E-state index in [1.54, 1.807) is 0 Å². The first-order valence-corrected chi connectivity index (χ1v) is 1.42. The van der Waals surface area contributed by atoms with Crippen molar-refractivity contribution in [1.82, 2.24) is 10.7 Å². The van der Waals surface area contributed by atoms with E-state index in [2.05, 4.69) is 10.4 Å². The topological polar surface area (TPSA) is 36.4 Å². The molecule has 0 spiro atoms. The normalized spacial score (nSPS) is 22.4. The highest BCUT2D eigenvalue weighted by Gasteiger charge is 1.78. The third-order valence-electron chi connectivity index (χ3n) is 0.393. The van der Waals surface area contributed by atoms with Gasteiger partial charge in [0, 0.05) is 0 Å². The molecule has 0 aromatic rings. The highest BCUT2D eigenvalue weighted by Crippen LogP contribution is 1.57. The lowest BCUT2D eigenvalue weighted by Crippen LogP contribution is -2.12. The molecule has 0 bridgehead atoms. The second-order valence-electron chi connectivity index (χ2n) is 0.748. The van der Waals surface area contributed by atoms with Gasteiger partial charge < -0.3 is 5.32 Å². The van der Waals surface area contributed by atoms with Gasteiger partial charge in [-0.2, -0.15) is 5.10 Å². The predicted molar refractivity (Wildman–Crippen MR) is 19.6 cm³/mol. The van der Waals surface area contributed by atoms with Gasteiger partial charge in [-0.3, -0.25) is 5.42 Å². The Bertz CT molecular complexity index is 71.2. The van der Waals surface area contributed by atoms with Gasteiger partial charge in [0.25, 0.3) is 0 Å². The van der Waals surface area contributed by atoms with Gasteiger partial charge in [0.15, 0.2) is 1.41 Å². The van der Waals surface area contributed by atoms with Crippen LogP contribution in [-0.4, -0.2) is 13.0 Å². The summed E-state index contributed by atoms with van der Waals surface area (Å²) in [5.74, 6) is 0. The molecule has 1 aliphatic rings. The molecule has 3 heteroatoms. The van der Waals surface area contributed by atoms with E-state index in [1.807, 2.05) is 0 Å². The Hall–Kier alpha value is -0.730. The smallest absolute Gasteiger partial charge is 0.186 e. The second kappa shape index (κ2) is 0.924. The van der Waals surface area contributed by atoms with Gasteiger partial charge in [-0.25, -0.2) is 0 Å². The van der Waals surface area contributed by atoms with Crippen molar-refractivity contribution in [3.63, 3.8) is 0 Å². The van der Waals surface area contributed by atoms with Crippen LogP contribution < -0.4 is 10.7 Å². The predicted octanol–water partition coefficient (Wildman–Crippen LogP) is -0.920. The molecule has 0 fully saturated rings. The molecule has 5 heavy (non-hydrogen) atoms. The summed E-state index contributed by atoms with van der Waals surface area (Å²) < 4.78 is 6.70. The molecule has 0 aliphatic carbocycles. The molecule has 0 saturated heterocycles. The van der Waals surface area contributed by atoms with Gasteiger partial charge in [0.2, 0.25) is 0 Å². The molecule has 0 aromatic heterocycles. The summed E-state index contributed by atoms with van der Waals surface area (Å²) in [4.78, 5) is 0. The second-order valence-corrected chi connectivity index (χ2v) is 0.748. The molecule has 1 rings (SSSR count). The van der Waals surface area contributed by atoms with Gasteiger partial charge in [-0.05, 0) is 0 Å². The van der Waals surface area contributed by atoms with Crippen molar-refractivity contribution < 1.29 is 1.41 Å². The molecule has 1 aliphatic heterocycles. The van der Waals surface area contributed by atoms with Crippen LogP contribution in [0.4, 0.5) is 0 Å². The fourth-order valence-electron chi connectivity index (χ4n) is 0.204. The van der Waals surface area contributed by atoms with Crippen LogP contribution in [0, 0.1) is 0 Å². The fourth-order valence-corrected chi connectivity index (χ4v) is 0.204. The largest absolute Gasteiger partial charge is 0.356 e. The number of nitrogens with zero attached hydrogens (tertiary/aromatic N) is 1. The first kappa shape index (κ1) is 1.64. The zero-order chi connectivity index (χ0) is 4.41. The third-order valence-corrected chi connectivity index (χ3v) is 0.393. The Balaban J connectivity index is 2.38. The first-order valence-electron chi connectivity index (χ1n) is 1.86. The molecule has 1 heterocycles. The number of hydrogen-bond donors (Lipinski definition) is 2. The average molecular weight is 72.1 g/mol. The van der Waals surface area contributed by atoms with Gasteiger partial charge in [0.05, 0.1) is 0 Å². The van der Waals surface area contributed by atoms with Crippen molar-refractivity contribution in [2.75, 3.05) is 6.67 Å². The average Bonchev–Trinajstić information content (AvgIpc) is 1.86. The number of nitrogens with one attached hydrogen (secondary N) is 2. The van der Waals surface area contributed by atoms with Crippen molar-refractivity contribution in [2.45, 2.75) is 0 Å². The molecule has 0 amide bonds. The summed E-state index contributed by atoms with van der Waals surface area (Å²) >= 11 is 0. The van der Waals surface area contributed by atoms with E-state index in [-0.39, 0.29) is 0 Å². The fraction of sp³-hybridized carbons (Fsp3) is 0.500.